The SMILES string of the molecule is Cc1ncc(CCNS(=O)(=O)c2cccc(Cl)c2)s1. The quantitative estimate of drug-likeness (QED) is 0.922. The molecule has 1 N–H and O–H groups in total. The lowest BCUT2D eigenvalue weighted by Gasteiger charge is -2.06. The van der Waals surface area contributed by atoms with E-state index in [1.165, 1.54) is 12.1 Å². The molecule has 2 aromatic rings. The van der Waals surface area contributed by atoms with Gasteiger partial charge in [-0.05, 0) is 31.5 Å². The molecule has 102 valence electrons. The number of hydrogen-bond donors (Lipinski definition) is 1. The number of aromatic nitrogens is 1. The van der Waals surface area contributed by atoms with Gasteiger partial charge in [0, 0.05) is 22.6 Å². The van der Waals surface area contributed by atoms with Gasteiger partial charge in [0.1, 0.15) is 0 Å². The number of rotatable bonds is 5. The van der Waals surface area contributed by atoms with E-state index in [2.05, 4.69) is 9.71 Å². The Morgan fingerprint density at radius 2 is 2.21 bits per heavy atom. The maximum atomic E-state index is 12.0. The largest absolute Gasteiger partial charge is 0.250 e. The van der Waals surface area contributed by atoms with Gasteiger partial charge in [-0.25, -0.2) is 18.1 Å². The third-order valence-electron chi connectivity index (χ3n) is 2.44. The summed E-state index contributed by atoms with van der Waals surface area (Å²) in [6, 6.07) is 6.20. The molecule has 0 radical (unpaired) electrons. The maximum absolute atomic E-state index is 12.0. The molecule has 0 saturated heterocycles. The molecule has 0 fully saturated rings. The number of benzene rings is 1. The van der Waals surface area contributed by atoms with E-state index >= 15 is 0 Å². The van der Waals surface area contributed by atoms with Gasteiger partial charge in [-0.1, -0.05) is 17.7 Å². The molecule has 0 bridgehead atoms. The Bertz CT molecular complexity index is 668. The highest BCUT2D eigenvalue weighted by Crippen LogP contribution is 2.16. The van der Waals surface area contributed by atoms with Gasteiger partial charge in [-0.15, -0.1) is 11.3 Å². The number of halogens is 1. The van der Waals surface area contributed by atoms with Crippen LogP contribution in [-0.4, -0.2) is 19.9 Å². The summed E-state index contributed by atoms with van der Waals surface area (Å²) in [7, 11) is -3.50. The van der Waals surface area contributed by atoms with Gasteiger partial charge in [0.25, 0.3) is 0 Å². The summed E-state index contributed by atoms with van der Waals surface area (Å²) >= 11 is 7.35. The monoisotopic (exact) mass is 316 g/mol. The lowest BCUT2D eigenvalue weighted by atomic mass is 10.4. The molecule has 1 heterocycles. The highest BCUT2D eigenvalue weighted by molar-refractivity contribution is 7.89. The molecule has 0 unspecified atom stereocenters. The molecule has 19 heavy (non-hydrogen) atoms. The third kappa shape index (κ3) is 4.01. The summed E-state index contributed by atoms with van der Waals surface area (Å²) in [4.78, 5) is 5.37. The van der Waals surface area contributed by atoms with Gasteiger partial charge in [0.15, 0.2) is 0 Å². The van der Waals surface area contributed by atoms with Crippen molar-refractivity contribution >= 4 is 33.0 Å². The average Bonchev–Trinajstić information content (AvgIpc) is 2.75. The lowest BCUT2D eigenvalue weighted by Crippen LogP contribution is -2.25. The Kier molecular flexibility index (Phi) is 4.57. The first-order chi connectivity index (χ1) is 8.97. The normalized spacial score (nSPS) is 11.7. The van der Waals surface area contributed by atoms with Crippen molar-refractivity contribution in [2.45, 2.75) is 18.2 Å². The average molecular weight is 317 g/mol. The second kappa shape index (κ2) is 6.00. The van der Waals surface area contributed by atoms with Crippen LogP contribution in [-0.2, 0) is 16.4 Å². The smallest absolute Gasteiger partial charge is 0.240 e. The number of thiazole rings is 1. The van der Waals surface area contributed by atoms with Crippen molar-refractivity contribution in [2.24, 2.45) is 0 Å². The van der Waals surface area contributed by atoms with Crippen molar-refractivity contribution in [1.82, 2.24) is 9.71 Å². The Morgan fingerprint density at radius 1 is 1.42 bits per heavy atom. The van der Waals surface area contributed by atoms with E-state index in [9.17, 15) is 8.42 Å². The lowest BCUT2D eigenvalue weighted by molar-refractivity contribution is 0.582. The van der Waals surface area contributed by atoms with E-state index in [1.54, 1.807) is 29.7 Å². The molecule has 0 amide bonds. The molecule has 1 aromatic heterocycles. The van der Waals surface area contributed by atoms with E-state index in [0.29, 0.717) is 18.0 Å². The Balaban J connectivity index is 1.98. The minimum Gasteiger partial charge on any atom is -0.250 e. The zero-order chi connectivity index (χ0) is 13.9. The number of nitrogens with zero attached hydrogens (tertiary/aromatic N) is 1. The standard InChI is InChI=1S/C12H13ClN2O2S2/c1-9-14-8-11(18-9)5-6-15-19(16,17)12-4-2-3-10(13)7-12/h2-4,7-8,15H,5-6H2,1H3. The van der Waals surface area contributed by atoms with Crippen molar-refractivity contribution in [3.8, 4) is 0 Å². The second-order valence-electron chi connectivity index (χ2n) is 3.95. The molecular formula is C12H13ClN2O2S2. The maximum Gasteiger partial charge on any atom is 0.240 e. The summed E-state index contributed by atoms with van der Waals surface area (Å²) in [5.41, 5.74) is 0. The predicted molar refractivity (Wildman–Crippen MR) is 77.2 cm³/mol. The Hall–Kier alpha value is -0.950. The van der Waals surface area contributed by atoms with Crippen LogP contribution in [0.3, 0.4) is 0 Å². The molecule has 2 rings (SSSR count). The molecule has 0 saturated carbocycles. The van der Waals surface area contributed by atoms with Crippen LogP contribution in [0, 0.1) is 6.92 Å². The molecule has 7 heteroatoms. The minimum absolute atomic E-state index is 0.181. The number of aryl methyl sites for hydroxylation is 1. The van der Waals surface area contributed by atoms with E-state index in [-0.39, 0.29) is 4.90 Å². The first-order valence-corrected chi connectivity index (χ1v) is 8.32. The fourth-order valence-corrected chi connectivity index (χ4v) is 3.67. The zero-order valence-electron chi connectivity index (χ0n) is 10.3. The summed E-state index contributed by atoms with van der Waals surface area (Å²) < 4.78 is 26.5. The predicted octanol–water partition coefficient (Wildman–Crippen LogP) is 2.63. The van der Waals surface area contributed by atoms with Crippen LogP contribution in [0.1, 0.15) is 9.88 Å². The van der Waals surface area contributed by atoms with Gasteiger partial charge < -0.3 is 0 Å². The zero-order valence-corrected chi connectivity index (χ0v) is 12.6. The van der Waals surface area contributed by atoms with Crippen molar-refractivity contribution in [2.75, 3.05) is 6.54 Å². The minimum atomic E-state index is -3.50. The van der Waals surface area contributed by atoms with Gasteiger partial charge in [-0.3, -0.25) is 0 Å². The Labute approximate surface area is 121 Å². The molecule has 4 nitrogen and oxygen atoms in total. The molecule has 0 aliphatic carbocycles. The van der Waals surface area contributed by atoms with Crippen LogP contribution in [0.2, 0.25) is 5.02 Å². The second-order valence-corrected chi connectivity index (χ2v) is 7.47. The van der Waals surface area contributed by atoms with Crippen LogP contribution in [0.4, 0.5) is 0 Å². The number of nitrogens with one attached hydrogen (secondary N) is 1. The fraction of sp³-hybridized carbons (Fsp3) is 0.250. The molecule has 1 aromatic carbocycles. The Morgan fingerprint density at radius 3 is 2.84 bits per heavy atom. The number of sulfonamides is 1. The molecule has 0 spiro atoms. The van der Waals surface area contributed by atoms with E-state index in [4.69, 9.17) is 11.6 Å². The molecular weight excluding hydrogens is 304 g/mol. The van der Waals surface area contributed by atoms with Crippen LogP contribution >= 0.6 is 22.9 Å². The van der Waals surface area contributed by atoms with Crippen molar-refractivity contribution in [3.63, 3.8) is 0 Å². The first kappa shape index (κ1) is 14.5. The summed E-state index contributed by atoms with van der Waals surface area (Å²) in [6.07, 6.45) is 2.40. The van der Waals surface area contributed by atoms with E-state index in [0.717, 1.165) is 9.88 Å². The van der Waals surface area contributed by atoms with Gasteiger partial charge >= 0.3 is 0 Å². The van der Waals surface area contributed by atoms with Gasteiger partial charge in [-0.2, -0.15) is 0 Å². The van der Waals surface area contributed by atoms with Crippen LogP contribution in [0.25, 0.3) is 0 Å². The van der Waals surface area contributed by atoms with Gasteiger partial charge in [0.2, 0.25) is 10.0 Å². The first-order valence-electron chi connectivity index (χ1n) is 5.64. The van der Waals surface area contributed by atoms with Crippen LogP contribution in [0.15, 0.2) is 35.4 Å². The highest BCUT2D eigenvalue weighted by Gasteiger charge is 2.13. The van der Waals surface area contributed by atoms with Crippen LogP contribution in [0.5, 0.6) is 0 Å². The summed E-state index contributed by atoms with van der Waals surface area (Å²) in [5.74, 6) is 0. The summed E-state index contributed by atoms with van der Waals surface area (Å²) in [6.45, 7) is 2.26. The van der Waals surface area contributed by atoms with Crippen LogP contribution < -0.4 is 4.72 Å². The van der Waals surface area contributed by atoms with E-state index in [1.807, 2.05) is 6.92 Å². The van der Waals surface area contributed by atoms with E-state index < -0.39 is 10.0 Å². The van der Waals surface area contributed by atoms with Crippen molar-refractivity contribution in [1.29, 1.82) is 0 Å². The molecule has 0 atom stereocenters. The van der Waals surface area contributed by atoms with Gasteiger partial charge in [0.05, 0.1) is 9.90 Å². The number of hydrogen-bond acceptors (Lipinski definition) is 4. The van der Waals surface area contributed by atoms with Crippen molar-refractivity contribution < 1.29 is 8.42 Å². The summed E-state index contributed by atoms with van der Waals surface area (Å²) in [5, 5.41) is 1.38. The third-order valence-corrected chi connectivity index (χ3v) is 5.11. The topological polar surface area (TPSA) is 59.1 Å². The van der Waals surface area contributed by atoms with Crippen molar-refractivity contribution in [3.05, 3.63) is 45.4 Å². The molecule has 0 aliphatic heterocycles. The molecule has 0 aliphatic rings. The highest BCUT2D eigenvalue weighted by atomic mass is 35.5. The fourth-order valence-electron chi connectivity index (χ4n) is 1.55.